The Kier molecular flexibility index (Phi) is 9.80. The Balaban J connectivity index is 2.26. The van der Waals surface area contributed by atoms with E-state index in [0.29, 0.717) is 37.7 Å². The van der Waals surface area contributed by atoms with Crippen molar-refractivity contribution in [3.8, 4) is 0 Å². The molecule has 2 amide bonds. The van der Waals surface area contributed by atoms with E-state index in [4.69, 9.17) is 9.47 Å². The molecule has 10 nitrogen and oxygen atoms in total. The van der Waals surface area contributed by atoms with Gasteiger partial charge in [-0.15, -0.1) is 4.99 Å². The van der Waals surface area contributed by atoms with E-state index in [9.17, 15) is 19.2 Å². The number of ether oxygens (including phenoxy) is 2. The highest BCUT2D eigenvalue weighted by atomic mass is 16.6. The van der Waals surface area contributed by atoms with Gasteiger partial charge in [0.1, 0.15) is 11.2 Å². The molecular formula is C28H42N4O6. The maximum Gasteiger partial charge on any atom is 0.437 e. The van der Waals surface area contributed by atoms with Crippen LogP contribution in [-0.4, -0.2) is 62.1 Å². The van der Waals surface area contributed by atoms with Gasteiger partial charge in [-0.25, -0.2) is 19.2 Å². The highest BCUT2D eigenvalue weighted by Crippen LogP contribution is 2.35. The standard InChI is InChI=1S/C28H42N4O6/c1-19(22-20(33)17-28(8,9)18-21(22)34)13-10-11-15-31(25(36)38-27(5,6)7)23(32-16-12-14-29-32)30-24(35)37-26(2,3)4/h12,14,16H,10-11,13,15,17-18H2,1-9H3. The first-order chi connectivity index (χ1) is 17.4. The summed E-state index contributed by atoms with van der Waals surface area (Å²) in [6.45, 7) is 16.2. The molecule has 0 N–H and O–H groups in total. The summed E-state index contributed by atoms with van der Waals surface area (Å²) in [4.78, 5) is 56.4. The molecule has 2 rings (SSSR count). The van der Waals surface area contributed by atoms with Crippen molar-refractivity contribution in [2.45, 2.75) is 106 Å². The van der Waals surface area contributed by atoms with Crippen molar-refractivity contribution in [1.29, 1.82) is 0 Å². The van der Waals surface area contributed by atoms with Crippen molar-refractivity contribution in [3.63, 3.8) is 0 Å². The molecule has 1 aliphatic carbocycles. The number of allylic oxidation sites excluding steroid dienone is 2. The molecule has 0 unspecified atom stereocenters. The third-order valence-corrected chi connectivity index (χ3v) is 5.60. The maximum absolute atomic E-state index is 13.2. The number of Topliss-reactive ketones (excluding diaryl/α,β-unsaturated/α-hetero) is 2. The SMILES string of the molecule is CC(CCCCN(C(=O)OC(C)(C)C)C(=NC(=O)OC(C)(C)C)n1cccn1)=C1C(=O)CC(C)(C)CC1=O. The summed E-state index contributed by atoms with van der Waals surface area (Å²) in [6.07, 6.45) is 3.83. The summed E-state index contributed by atoms with van der Waals surface area (Å²) < 4.78 is 12.2. The lowest BCUT2D eigenvalue weighted by atomic mass is 9.73. The van der Waals surface area contributed by atoms with Gasteiger partial charge in [0.25, 0.3) is 0 Å². The molecular weight excluding hydrogens is 488 g/mol. The van der Waals surface area contributed by atoms with Crippen molar-refractivity contribution in [1.82, 2.24) is 14.7 Å². The molecule has 1 heterocycles. The van der Waals surface area contributed by atoms with Crippen LogP contribution in [0.15, 0.2) is 34.6 Å². The Hall–Kier alpha value is -3.30. The Morgan fingerprint density at radius 2 is 1.61 bits per heavy atom. The van der Waals surface area contributed by atoms with Crippen molar-refractivity contribution in [2.75, 3.05) is 6.54 Å². The van der Waals surface area contributed by atoms with Crippen LogP contribution < -0.4 is 0 Å². The van der Waals surface area contributed by atoms with E-state index >= 15 is 0 Å². The molecule has 0 aliphatic heterocycles. The van der Waals surface area contributed by atoms with Crippen LogP contribution in [0.4, 0.5) is 9.59 Å². The average Bonchev–Trinajstić information content (AvgIpc) is 3.22. The van der Waals surface area contributed by atoms with Gasteiger partial charge in [-0.1, -0.05) is 19.4 Å². The molecule has 0 bridgehead atoms. The molecule has 210 valence electrons. The van der Waals surface area contributed by atoms with Gasteiger partial charge in [-0.2, -0.15) is 5.10 Å². The average molecular weight is 531 g/mol. The number of rotatable bonds is 5. The normalized spacial score (nSPS) is 16.3. The van der Waals surface area contributed by atoms with E-state index in [0.717, 1.165) is 5.57 Å². The van der Waals surface area contributed by atoms with Crippen LogP contribution in [0.2, 0.25) is 0 Å². The summed E-state index contributed by atoms with van der Waals surface area (Å²) in [5.41, 5.74) is -0.804. The van der Waals surface area contributed by atoms with E-state index in [2.05, 4.69) is 10.1 Å². The number of carbonyl (C=O) groups is 4. The maximum atomic E-state index is 13.2. The van der Waals surface area contributed by atoms with Gasteiger partial charge in [-0.3, -0.25) is 9.59 Å². The number of hydrogen-bond acceptors (Lipinski definition) is 7. The highest BCUT2D eigenvalue weighted by Gasteiger charge is 2.36. The monoisotopic (exact) mass is 530 g/mol. The van der Waals surface area contributed by atoms with Gasteiger partial charge in [0.05, 0.1) is 5.57 Å². The fraction of sp³-hybridized carbons (Fsp3) is 0.643. The van der Waals surface area contributed by atoms with Crippen molar-refractivity contribution >= 4 is 29.7 Å². The minimum absolute atomic E-state index is 0.0477. The first kappa shape index (κ1) is 30.9. The number of carbonyl (C=O) groups excluding carboxylic acids is 4. The zero-order valence-electron chi connectivity index (χ0n) is 24.2. The van der Waals surface area contributed by atoms with Crippen molar-refractivity contribution in [2.24, 2.45) is 10.4 Å². The molecule has 38 heavy (non-hydrogen) atoms. The predicted molar refractivity (Wildman–Crippen MR) is 144 cm³/mol. The second kappa shape index (κ2) is 12.0. The molecule has 0 atom stereocenters. The van der Waals surface area contributed by atoms with E-state index in [1.165, 1.54) is 15.8 Å². The second-order valence-corrected chi connectivity index (χ2v) is 12.5. The Morgan fingerprint density at radius 3 is 2.11 bits per heavy atom. The van der Waals surface area contributed by atoms with Gasteiger partial charge in [-0.05, 0) is 79.2 Å². The van der Waals surface area contributed by atoms with E-state index in [1.54, 1.807) is 53.8 Å². The molecule has 0 spiro atoms. The van der Waals surface area contributed by atoms with Crippen LogP contribution in [0, 0.1) is 5.41 Å². The number of hydrogen-bond donors (Lipinski definition) is 0. The van der Waals surface area contributed by atoms with Crippen LogP contribution in [0.25, 0.3) is 0 Å². The fourth-order valence-corrected chi connectivity index (χ4v) is 4.10. The molecule has 1 saturated carbocycles. The lowest BCUT2D eigenvalue weighted by Gasteiger charge is -2.29. The third kappa shape index (κ3) is 9.54. The lowest BCUT2D eigenvalue weighted by Crippen LogP contribution is -2.45. The largest absolute Gasteiger partial charge is 0.443 e. The quantitative estimate of drug-likeness (QED) is 0.157. The van der Waals surface area contributed by atoms with E-state index in [1.807, 2.05) is 20.8 Å². The van der Waals surface area contributed by atoms with Gasteiger partial charge in [0, 0.05) is 31.8 Å². The summed E-state index contributed by atoms with van der Waals surface area (Å²) in [5, 5.41) is 4.16. The smallest absolute Gasteiger partial charge is 0.437 e. The minimum Gasteiger partial charge on any atom is -0.443 e. The Morgan fingerprint density at radius 1 is 1.03 bits per heavy atom. The minimum atomic E-state index is -0.866. The fourth-order valence-electron chi connectivity index (χ4n) is 4.10. The summed E-state index contributed by atoms with van der Waals surface area (Å²) in [6, 6.07) is 1.65. The van der Waals surface area contributed by atoms with Crippen molar-refractivity contribution < 1.29 is 28.7 Å². The van der Waals surface area contributed by atoms with Gasteiger partial charge in [0.2, 0.25) is 5.96 Å². The first-order valence-electron chi connectivity index (χ1n) is 13.0. The summed E-state index contributed by atoms with van der Waals surface area (Å²) >= 11 is 0. The topological polar surface area (TPSA) is 120 Å². The molecule has 1 aromatic rings. The molecule has 1 aromatic heterocycles. The molecule has 0 saturated heterocycles. The van der Waals surface area contributed by atoms with Gasteiger partial charge < -0.3 is 9.47 Å². The molecule has 1 aliphatic rings. The third-order valence-electron chi connectivity index (χ3n) is 5.60. The highest BCUT2D eigenvalue weighted by molar-refractivity contribution is 6.22. The zero-order chi connectivity index (χ0) is 28.9. The van der Waals surface area contributed by atoms with E-state index in [-0.39, 0.29) is 29.5 Å². The Labute approximate surface area is 225 Å². The molecule has 0 radical (unpaired) electrons. The number of aliphatic imine (C=N–C) groups is 1. The zero-order valence-corrected chi connectivity index (χ0v) is 24.2. The van der Waals surface area contributed by atoms with Crippen LogP contribution in [0.1, 0.15) is 94.4 Å². The summed E-state index contributed by atoms with van der Waals surface area (Å²) in [5.74, 6) is -0.261. The van der Waals surface area contributed by atoms with Gasteiger partial charge >= 0.3 is 12.2 Å². The van der Waals surface area contributed by atoms with Crippen LogP contribution >= 0.6 is 0 Å². The number of amides is 2. The predicted octanol–water partition coefficient (Wildman–Crippen LogP) is 5.70. The van der Waals surface area contributed by atoms with Crippen molar-refractivity contribution in [3.05, 3.63) is 29.6 Å². The number of unbranched alkanes of at least 4 members (excludes halogenated alkanes) is 1. The Bertz CT molecular complexity index is 1080. The molecule has 10 heteroatoms. The molecule has 0 aromatic carbocycles. The second-order valence-electron chi connectivity index (χ2n) is 12.5. The van der Waals surface area contributed by atoms with Gasteiger partial charge in [0.15, 0.2) is 11.6 Å². The number of aromatic nitrogens is 2. The summed E-state index contributed by atoms with van der Waals surface area (Å²) in [7, 11) is 0. The van der Waals surface area contributed by atoms with Crippen LogP contribution in [0.3, 0.4) is 0 Å². The number of nitrogens with zero attached hydrogens (tertiary/aromatic N) is 4. The first-order valence-corrected chi connectivity index (χ1v) is 13.0. The lowest BCUT2D eigenvalue weighted by molar-refractivity contribution is -0.127. The van der Waals surface area contributed by atoms with Crippen LogP contribution in [0.5, 0.6) is 0 Å². The molecule has 1 fully saturated rings. The van der Waals surface area contributed by atoms with E-state index < -0.39 is 23.4 Å². The number of ketones is 2. The van der Waals surface area contributed by atoms with Crippen LogP contribution in [-0.2, 0) is 19.1 Å².